The number of hydrogen-bond donors (Lipinski definition) is 0. The summed E-state index contributed by atoms with van der Waals surface area (Å²) in [5.41, 5.74) is 1.06. The molecule has 0 aliphatic heterocycles. The average Bonchev–Trinajstić information content (AvgIpc) is 2.26. The van der Waals surface area contributed by atoms with Gasteiger partial charge in [-0.05, 0) is 0 Å². The molecule has 0 saturated carbocycles. The molecular weight excluding hydrogens is 237 g/mol. The first-order chi connectivity index (χ1) is 6.90. The van der Waals surface area contributed by atoms with Crippen LogP contribution in [0, 0.1) is 12.3 Å². The van der Waals surface area contributed by atoms with E-state index in [1.165, 1.54) is 5.39 Å². The Kier molecular flexibility index (Phi) is 2.84. The van der Waals surface area contributed by atoms with Crippen LogP contribution in [0.5, 0.6) is 0 Å². The summed E-state index contributed by atoms with van der Waals surface area (Å²) in [7, 11) is 0. The number of hydrogen-bond acceptors (Lipinski definition) is 1. The number of para-hydroxylation sites is 1. The SMILES string of the molecule is C#CC[Se]c1ccc2ccccc2n1. The minimum absolute atomic E-state index is 0.318. The van der Waals surface area contributed by atoms with Gasteiger partial charge in [0.05, 0.1) is 0 Å². The van der Waals surface area contributed by atoms with Gasteiger partial charge in [-0.15, -0.1) is 0 Å². The predicted octanol–water partition coefficient (Wildman–Crippen LogP) is 1.62. The minimum atomic E-state index is 0.318. The second-order valence-electron chi connectivity index (χ2n) is 2.83. The van der Waals surface area contributed by atoms with Gasteiger partial charge in [0.2, 0.25) is 0 Å². The molecule has 1 nitrogen and oxygen atoms in total. The molecule has 0 aliphatic carbocycles. The van der Waals surface area contributed by atoms with Crippen molar-refractivity contribution in [3.05, 3.63) is 36.4 Å². The monoisotopic (exact) mass is 247 g/mol. The van der Waals surface area contributed by atoms with Crippen LogP contribution in [0.4, 0.5) is 0 Å². The van der Waals surface area contributed by atoms with Gasteiger partial charge in [-0.2, -0.15) is 0 Å². The van der Waals surface area contributed by atoms with Crippen LogP contribution in [0.25, 0.3) is 10.9 Å². The van der Waals surface area contributed by atoms with Crippen molar-refractivity contribution in [2.75, 3.05) is 0 Å². The molecule has 0 spiro atoms. The predicted molar refractivity (Wildman–Crippen MR) is 60.8 cm³/mol. The molecule has 0 N–H and O–H groups in total. The van der Waals surface area contributed by atoms with E-state index >= 15 is 0 Å². The van der Waals surface area contributed by atoms with Crippen molar-refractivity contribution in [3.8, 4) is 12.3 Å². The molecule has 2 rings (SSSR count). The summed E-state index contributed by atoms with van der Waals surface area (Å²) in [5, 5.41) is 2.01. The Bertz CT molecular complexity index is 485. The molecule has 2 heteroatoms. The third-order valence-corrected chi connectivity index (χ3v) is 3.63. The quantitative estimate of drug-likeness (QED) is 0.579. The third kappa shape index (κ3) is 1.96. The molecule has 1 aromatic heterocycles. The first kappa shape index (κ1) is 9.27. The van der Waals surface area contributed by atoms with E-state index in [2.05, 4.69) is 29.1 Å². The second-order valence-corrected chi connectivity index (χ2v) is 4.92. The van der Waals surface area contributed by atoms with Crippen molar-refractivity contribution < 1.29 is 0 Å². The zero-order chi connectivity index (χ0) is 9.80. The van der Waals surface area contributed by atoms with Crippen molar-refractivity contribution in [2.45, 2.75) is 5.32 Å². The maximum absolute atomic E-state index is 5.23. The zero-order valence-corrected chi connectivity index (χ0v) is 9.32. The van der Waals surface area contributed by atoms with E-state index in [-0.39, 0.29) is 0 Å². The normalized spacial score (nSPS) is 9.93. The Morgan fingerprint density at radius 2 is 2.07 bits per heavy atom. The van der Waals surface area contributed by atoms with Gasteiger partial charge in [-0.1, -0.05) is 0 Å². The van der Waals surface area contributed by atoms with Gasteiger partial charge in [-0.3, -0.25) is 0 Å². The fourth-order valence-corrected chi connectivity index (χ4v) is 2.41. The molecule has 0 fully saturated rings. The molecule has 1 heterocycles. The summed E-state index contributed by atoms with van der Waals surface area (Å²) in [6.45, 7) is 0. The Morgan fingerprint density at radius 3 is 2.93 bits per heavy atom. The first-order valence-electron chi connectivity index (χ1n) is 4.32. The van der Waals surface area contributed by atoms with E-state index < -0.39 is 0 Å². The number of aromatic nitrogens is 1. The summed E-state index contributed by atoms with van der Waals surface area (Å²) in [5.74, 6) is 2.65. The topological polar surface area (TPSA) is 12.9 Å². The van der Waals surface area contributed by atoms with Gasteiger partial charge in [-0.25, -0.2) is 0 Å². The molecule has 0 unspecified atom stereocenters. The van der Waals surface area contributed by atoms with Crippen molar-refractivity contribution >= 4 is 30.5 Å². The molecule has 0 atom stereocenters. The number of pyridine rings is 1. The van der Waals surface area contributed by atoms with E-state index in [1.54, 1.807) is 0 Å². The van der Waals surface area contributed by atoms with Gasteiger partial charge < -0.3 is 0 Å². The fourth-order valence-electron chi connectivity index (χ4n) is 1.24. The van der Waals surface area contributed by atoms with E-state index in [0.29, 0.717) is 15.0 Å². The molecule has 0 radical (unpaired) electrons. The van der Waals surface area contributed by atoms with Crippen LogP contribution in [0.3, 0.4) is 0 Å². The van der Waals surface area contributed by atoms with Crippen LogP contribution >= 0.6 is 0 Å². The van der Waals surface area contributed by atoms with Crippen LogP contribution in [0.15, 0.2) is 36.4 Å². The van der Waals surface area contributed by atoms with Crippen molar-refractivity contribution in [1.29, 1.82) is 0 Å². The van der Waals surface area contributed by atoms with Crippen molar-refractivity contribution in [3.63, 3.8) is 0 Å². The van der Waals surface area contributed by atoms with E-state index in [9.17, 15) is 0 Å². The van der Waals surface area contributed by atoms with Gasteiger partial charge in [0, 0.05) is 0 Å². The first-order valence-corrected chi connectivity index (χ1v) is 6.39. The number of nitrogens with zero attached hydrogens (tertiary/aromatic N) is 1. The molecule has 14 heavy (non-hydrogen) atoms. The maximum atomic E-state index is 5.23. The number of fused-ring (bicyclic) bond motifs is 1. The Hall–Kier alpha value is -1.29. The summed E-state index contributed by atoms with van der Waals surface area (Å²) in [4.78, 5) is 4.54. The van der Waals surface area contributed by atoms with Crippen LogP contribution < -0.4 is 4.59 Å². The van der Waals surface area contributed by atoms with E-state index in [0.717, 1.165) is 15.4 Å². The average molecular weight is 246 g/mol. The molecule has 0 amide bonds. The molecular formula is C12H9NSe. The molecule has 68 valence electrons. The van der Waals surface area contributed by atoms with E-state index in [4.69, 9.17) is 6.42 Å². The summed E-state index contributed by atoms with van der Waals surface area (Å²) in [6, 6.07) is 12.3. The standard InChI is InChI=1S/C12H9NSe/c1-2-9-14-12-8-7-10-5-3-4-6-11(10)13-12/h1,3-8H,9H2. The second kappa shape index (κ2) is 4.28. The Balaban J connectivity index is 2.37. The molecule has 0 aliphatic rings. The van der Waals surface area contributed by atoms with Crippen molar-refractivity contribution in [2.24, 2.45) is 0 Å². The van der Waals surface area contributed by atoms with Gasteiger partial charge in [0.15, 0.2) is 0 Å². The van der Waals surface area contributed by atoms with Crippen LogP contribution in [-0.4, -0.2) is 19.9 Å². The Morgan fingerprint density at radius 1 is 1.21 bits per heavy atom. The van der Waals surface area contributed by atoms with Crippen molar-refractivity contribution in [1.82, 2.24) is 4.98 Å². The third-order valence-electron chi connectivity index (χ3n) is 1.88. The molecule has 2 aromatic rings. The fraction of sp³-hybridized carbons (Fsp3) is 0.0833. The molecule has 1 aromatic carbocycles. The number of benzene rings is 1. The number of rotatable bonds is 2. The van der Waals surface area contributed by atoms with Gasteiger partial charge in [0.1, 0.15) is 0 Å². The molecule has 0 bridgehead atoms. The van der Waals surface area contributed by atoms with Crippen LogP contribution in [0.2, 0.25) is 5.32 Å². The summed E-state index contributed by atoms with van der Waals surface area (Å²) < 4.78 is 1.13. The molecule has 0 saturated heterocycles. The van der Waals surface area contributed by atoms with Gasteiger partial charge >= 0.3 is 89.5 Å². The van der Waals surface area contributed by atoms with E-state index in [1.807, 2.05) is 18.2 Å². The van der Waals surface area contributed by atoms with Crippen LogP contribution in [-0.2, 0) is 0 Å². The summed E-state index contributed by atoms with van der Waals surface area (Å²) >= 11 is 0.318. The zero-order valence-electron chi connectivity index (χ0n) is 7.60. The van der Waals surface area contributed by atoms with Crippen LogP contribution in [0.1, 0.15) is 0 Å². The summed E-state index contributed by atoms with van der Waals surface area (Å²) in [6.07, 6.45) is 5.23. The van der Waals surface area contributed by atoms with Gasteiger partial charge in [0.25, 0.3) is 0 Å². The number of terminal acetylenes is 1. The Labute approximate surface area is 89.7 Å².